The molecule has 1 unspecified atom stereocenters. The minimum atomic E-state index is -4.64. The Kier molecular flexibility index (Phi) is 8.88. The van der Waals surface area contributed by atoms with Crippen molar-refractivity contribution in [3.05, 3.63) is 0 Å². The average Bonchev–Trinajstić information content (AvgIpc) is 2.03. The molecular weight excluding hydrogens is 224 g/mol. The molecular formula is C7H20N2O5S. The molecule has 94 valence electrons. The normalized spacial score (nSPS) is 14.3. The summed E-state index contributed by atoms with van der Waals surface area (Å²) in [6.45, 7) is 4.91. The van der Waals surface area contributed by atoms with Crippen LogP contribution in [0.1, 0.15) is 20.8 Å². The highest BCUT2D eigenvalue weighted by Crippen LogP contribution is 2.18. The quantitative estimate of drug-likeness (QED) is 0.613. The SMILES string of the molecule is CC.CN(C)C(C)(C(=O)O)S(=O)(=O)O.N. The summed E-state index contributed by atoms with van der Waals surface area (Å²) in [7, 11) is -2.13. The number of aliphatic carboxylic acids is 1. The van der Waals surface area contributed by atoms with Crippen molar-refractivity contribution >= 4 is 16.1 Å². The molecule has 0 aliphatic heterocycles. The van der Waals surface area contributed by atoms with Crippen LogP contribution in [0.4, 0.5) is 0 Å². The number of carboxylic acids is 1. The number of nitrogens with zero attached hydrogens (tertiary/aromatic N) is 1. The third-order valence-electron chi connectivity index (χ3n) is 1.75. The highest BCUT2D eigenvalue weighted by Gasteiger charge is 2.48. The lowest BCUT2D eigenvalue weighted by atomic mass is 10.3. The zero-order valence-corrected chi connectivity index (χ0v) is 10.5. The second-order valence-corrected chi connectivity index (χ2v) is 4.40. The number of likely N-dealkylation sites (N-methyl/N-ethyl adjacent to an activating group) is 1. The van der Waals surface area contributed by atoms with Crippen molar-refractivity contribution in [2.75, 3.05) is 14.1 Å². The molecule has 0 saturated heterocycles. The van der Waals surface area contributed by atoms with Gasteiger partial charge in [-0.3, -0.25) is 9.45 Å². The van der Waals surface area contributed by atoms with Gasteiger partial charge in [0.05, 0.1) is 0 Å². The van der Waals surface area contributed by atoms with Gasteiger partial charge in [-0.1, -0.05) is 13.8 Å². The molecule has 0 spiro atoms. The molecule has 0 amide bonds. The molecule has 0 aromatic rings. The van der Waals surface area contributed by atoms with Gasteiger partial charge in [0.15, 0.2) is 0 Å². The number of carboxylic acid groups (broad SMARTS) is 1. The molecule has 0 radical (unpaired) electrons. The Balaban J connectivity index is -0.000000449. The van der Waals surface area contributed by atoms with Crippen molar-refractivity contribution in [3.63, 3.8) is 0 Å². The van der Waals surface area contributed by atoms with Crippen LogP contribution in [0.3, 0.4) is 0 Å². The van der Waals surface area contributed by atoms with Crippen LogP contribution in [0, 0.1) is 0 Å². The van der Waals surface area contributed by atoms with E-state index in [1.807, 2.05) is 13.8 Å². The van der Waals surface area contributed by atoms with Crippen LogP contribution in [-0.4, -0.2) is 47.9 Å². The maximum Gasteiger partial charge on any atom is 0.342 e. The summed E-state index contributed by atoms with van der Waals surface area (Å²) in [4.78, 5) is 9.15. The molecule has 7 nitrogen and oxygen atoms in total. The van der Waals surface area contributed by atoms with Gasteiger partial charge >= 0.3 is 5.97 Å². The Morgan fingerprint density at radius 2 is 1.53 bits per heavy atom. The highest BCUT2D eigenvalue weighted by atomic mass is 32.2. The Bertz CT molecular complexity index is 288. The topological polar surface area (TPSA) is 130 Å². The Morgan fingerprint density at radius 3 is 1.53 bits per heavy atom. The van der Waals surface area contributed by atoms with E-state index in [0.29, 0.717) is 0 Å². The van der Waals surface area contributed by atoms with Gasteiger partial charge in [0, 0.05) is 0 Å². The largest absolute Gasteiger partial charge is 0.479 e. The molecule has 5 N–H and O–H groups in total. The molecule has 0 bridgehead atoms. The summed E-state index contributed by atoms with van der Waals surface area (Å²) >= 11 is 0. The smallest absolute Gasteiger partial charge is 0.342 e. The van der Waals surface area contributed by atoms with Crippen molar-refractivity contribution in [3.8, 4) is 0 Å². The van der Waals surface area contributed by atoms with Gasteiger partial charge < -0.3 is 11.3 Å². The van der Waals surface area contributed by atoms with Crippen molar-refractivity contribution in [2.24, 2.45) is 0 Å². The van der Waals surface area contributed by atoms with E-state index >= 15 is 0 Å². The molecule has 15 heavy (non-hydrogen) atoms. The zero-order chi connectivity index (χ0) is 12.2. The van der Waals surface area contributed by atoms with E-state index in [0.717, 1.165) is 11.8 Å². The van der Waals surface area contributed by atoms with Crippen LogP contribution in [0.5, 0.6) is 0 Å². The third-order valence-corrected chi connectivity index (χ3v) is 3.30. The summed E-state index contributed by atoms with van der Waals surface area (Å²) in [5, 5.41) is 8.56. The molecule has 1 atom stereocenters. The van der Waals surface area contributed by atoms with Gasteiger partial charge in [-0.25, -0.2) is 4.79 Å². The van der Waals surface area contributed by atoms with Crippen molar-refractivity contribution < 1.29 is 22.9 Å². The lowest BCUT2D eigenvalue weighted by Crippen LogP contribution is -2.54. The molecule has 0 aliphatic carbocycles. The first-order valence-corrected chi connectivity index (χ1v) is 5.46. The van der Waals surface area contributed by atoms with Crippen LogP contribution < -0.4 is 6.15 Å². The van der Waals surface area contributed by atoms with E-state index in [1.165, 1.54) is 14.1 Å². The van der Waals surface area contributed by atoms with Crippen LogP contribution in [0.15, 0.2) is 0 Å². The van der Waals surface area contributed by atoms with Crippen LogP contribution in [0.25, 0.3) is 0 Å². The summed E-state index contributed by atoms with van der Waals surface area (Å²) < 4.78 is 30.0. The zero-order valence-electron chi connectivity index (χ0n) is 9.68. The third kappa shape index (κ3) is 4.12. The molecule has 0 aliphatic rings. The van der Waals surface area contributed by atoms with Gasteiger partial charge in [0.1, 0.15) is 0 Å². The molecule has 0 fully saturated rings. The predicted octanol–water partition coefficient (Wildman–Crippen LogP) is 0.425. The van der Waals surface area contributed by atoms with E-state index in [1.54, 1.807) is 0 Å². The molecule has 0 aromatic heterocycles. The first-order chi connectivity index (χ1) is 6.14. The summed E-state index contributed by atoms with van der Waals surface area (Å²) in [5.74, 6) is -1.62. The van der Waals surface area contributed by atoms with E-state index < -0.39 is 21.0 Å². The van der Waals surface area contributed by atoms with Gasteiger partial charge in [0.25, 0.3) is 10.1 Å². The fourth-order valence-corrected chi connectivity index (χ4v) is 1.21. The maximum absolute atomic E-state index is 10.7. The van der Waals surface area contributed by atoms with Crippen molar-refractivity contribution in [1.29, 1.82) is 0 Å². The average molecular weight is 244 g/mol. The minimum Gasteiger partial charge on any atom is -0.479 e. The van der Waals surface area contributed by atoms with Gasteiger partial charge in [-0.2, -0.15) is 8.42 Å². The fraction of sp³-hybridized carbons (Fsp3) is 0.857. The first kappa shape index (κ1) is 19.8. The minimum absolute atomic E-state index is 0. The van der Waals surface area contributed by atoms with Crippen molar-refractivity contribution in [1.82, 2.24) is 11.1 Å². The van der Waals surface area contributed by atoms with Crippen LogP contribution in [0.2, 0.25) is 0 Å². The highest BCUT2D eigenvalue weighted by molar-refractivity contribution is 7.88. The van der Waals surface area contributed by atoms with Gasteiger partial charge in [-0.05, 0) is 21.0 Å². The fourth-order valence-electron chi connectivity index (χ4n) is 0.532. The lowest BCUT2D eigenvalue weighted by Gasteiger charge is -2.28. The predicted molar refractivity (Wildman–Crippen MR) is 57.6 cm³/mol. The van der Waals surface area contributed by atoms with E-state index in [9.17, 15) is 13.2 Å². The van der Waals surface area contributed by atoms with Crippen LogP contribution in [-0.2, 0) is 14.9 Å². The Labute approximate surface area is 90.4 Å². The number of carbonyl (C=O) groups is 1. The van der Waals surface area contributed by atoms with Gasteiger partial charge in [0.2, 0.25) is 4.87 Å². The van der Waals surface area contributed by atoms with E-state index in [-0.39, 0.29) is 6.15 Å². The Hall–Kier alpha value is -0.700. The summed E-state index contributed by atoms with van der Waals surface area (Å²) in [6, 6.07) is 0. The molecule has 8 heteroatoms. The van der Waals surface area contributed by atoms with E-state index in [4.69, 9.17) is 9.66 Å². The first-order valence-electron chi connectivity index (χ1n) is 4.02. The molecule has 0 aromatic carbocycles. The standard InChI is InChI=1S/C5H11NO5S.C2H6.H3N/c1-5(4(7)8,6(2)3)12(9,10)11;1-2;/h1-3H3,(H,7,8)(H,9,10,11);1-2H3;1H3. The lowest BCUT2D eigenvalue weighted by molar-refractivity contribution is -0.144. The molecule has 0 heterocycles. The summed E-state index contributed by atoms with van der Waals surface area (Å²) in [6.07, 6.45) is 0. The van der Waals surface area contributed by atoms with Crippen molar-refractivity contribution in [2.45, 2.75) is 25.6 Å². The monoisotopic (exact) mass is 244 g/mol. The second kappa shape index (κ2) is 6.72. The number of hydrogen-bond donors (Lipinski definition) is 3. The number of rotatable bonds is 3. The Morgan fingerprint density at radius 1 is 1.27 bits per heavy atom. The number of hydrogen-bond acceptors (Lipinski definition) is 5. The van der Waals surface area contributed by atoms with Gasteiger partial charge in [-0.15, -0.1) is 0 Å². The van der Waals surface area contributed by atoms with Crippen LogP contribution >= 0.6 is 0 Å². The molecule has 0 saturated carbocycles. The molecule has 0 rings (SSSR count). The summed E-state index contributed by atoms with van der Waals surface area (Å²) in [5.41, 5.74) is 0. The maximum atomic E-state index is 10.7. The second-order valence-electron chi connectivity index (χ2n) is 2.66. The van der Waals surface area contributed by atoms with E-state index in [2.05, 4.69) is 0 Å².